The van der Waals surface area contributed by atoms with Crippen LogP contribution in [-0.2, 0) is 6.54 Å². The van der Waals surface area contributed by atoms with Crippen LogP contribution in [0.25, 0.3) is 17.0 Å². The van der Waals surface area contributed by atoms with E-state index in [1.165, 1.54) is 6.33 Å². The first-order valence-corrected chi connectivity index (χ1v) is 8.77. The number of amides is 1. The summed E-state index contributed by atoms with van der Waals surface area (Å²) in [6.45, 7) is 0.416. The number of carbonyl (C=O) groups excluding carboxylic acids is 1. The summed E-state index contributed by atoms with van der Waals surface area (Å²) in [4.78, 5) is 20.5. The zero-order valence-corrected chi connectivity index (χ0v) is 14.4. The van der Waals surface area contributed by atoms with E-state index >= 15 is 0 Å². The number of hydrogen-bond donors (Lipinski definition) is 1. The van der Waals surface area contributed by atoms with E-state index in [0.29, 0.717) is 23.9 Å². The first-order valence-electron chi connectivity index (χ1n) is 8.77. The van der Waals surface area contributed by atoms with Crippen LogP contribution in [0.1, 0.15) is 40.6 Å². The van der Waals surface area contributed by atoms with Gasteiger partial charge < -0.3 is 9.84 Å². The summed E-state index contributed by atoms with van der Waals surface area (Å²) in [5.41, 5.74) is 3.22. The molecule has 1 aliphatic carbocycles. The van der Waals surface area contributed by atoms with Crippen molar-refractivity contribution in [1.29, 1.82) is 0 Å². The predicted octanol–water partition coefficient (Wildman–Crippen LogP) is 2.59. The van der Waals surface area contributed by atoms with Crippen molar-refractivity contribution in [2.45, 2.75) is 25.3 Å². The van der Waals surface area contributed by atoms with Crippen molar-refractivity contribution in [2.24, 2.45) is 0 Å². The summed E-state index contributed by atoms with van der Waals surface area (Å²) in [6, 6.07) is 11.5. The maximum Gasteiger partial charge on any atom is 0.273 e. The van der Waals surface area contributed by atoms with Gasteiger partial charge in [-0.2, -0.15) is 14.6 Å². The molecule has 134 valence electrons. The van der Waals surface area contributed by atoms with Gasteiger partial charge in [0.2, 0.25) is 0 Å². The highest BCUT2D eigenvalue weighted by Crippen LogP contribution is 2.40. The molecule has 1 aromatic carbocycles. The summed E-state index contributed by atoms with van der Waals surface area (Å²) < 4.78 is 6.92. The molecular weight excluding hydrogens is 344 g/mol. The predicted molar refractivity (Wildman–Crippen MR) is 95.9 cm³/mol. The van der Waals surface area contributed by atoms with E-state index in [0.717, 1.165) is 35.4 Å². The molecule has 8 nitrogen and oxygen atoms in total. The molecule has 1 saturated carbocycles. The maximum absolute atomic E-state index is 12.2. The Morgan fingerprint density at radius 1 is 1.19 bits per heavy atom. The Morgan fingerprint density at radius 2 is 2.04 bits per heavy atom. The lowest BCUT2D eigenvalue weighted by Gasteiger charge is -2.06. The lowest BCUT2D eigenvalue weighted by atomic mass is 10.1. The molecular formula is C19H16N6O2. The fourth-order valence-electron chi connectivity index (χ4n) is 2.98. The maximum atomic E-state index is 12.2. The van der Waals surface area contributed by atoms with Crippen molar-refractivity contribution in [3.8, 4) is 11.3 Å². The molecule has 4 aromatic rings. The minimum Gasteiger partial charge on any atom is -0.360 e. The van der Waals surface area contributed by atoms with Crippen molar-refractivity contribution < 1.29 is 9.32 Å². The standard InChI is InChI=1S/C19H16N6O2/c26-18(15-9-17(27-24-15)14-5-6-14)21-10-12-1-3-13(4-2-12)16-7-8-20-19-22-11-23-25(16)19/h1-4,7-9,11,14H,5-6,10H2,(H,21,26). The topological polar surface area (TPSA) is 98.2 Å². The average molecular weight is 360 g/mol. The fourth-order valence-corrected chi connectivity index (χ4v) is 2.98. The highest BCUT2D eigenvalue weighted by molar-refractivity contribution is 5.92. The number of benzene rings is 1. The second-order valence-corrected chi connectivity index (χ2v) is 6.57. The Hall–Kier alpha value is -3.55. The molecule has 1 aliphatic rings. The van der Waals surface area contributed by atoms with Crippen molar-refractivity contribution in [3.05, 3.63) is 65.9 Å². The summed E-state index contributed by atoms with van der Waals surface area (Å²) in [6.07, 6.45) is 5.41. The van der Waals surface area contributed by atoms with Crippen LogP contribution in [0.4, 0.5) is 0 Å². The van der Waals surface area contributed by atoms with Crippen LogP contribution in [0, 0.1) is 0 Å². The highest BCUT2D eigenvalue weighted by Gasteiger charge is 2.28. The van der Waals surface area contributed by atoms with Crippen molar-refractivity contribution in [3.63, 3.8) is 0 Å². The van der Waals surface area contributed by atoms with Gasteiger partial charge in [-0.1, -0.05) is 29.4 Å². The van der Waals surface area contributed by atoms with E-state index in [1.807, 2.05) is 30.3 Å². The third kappa shape index (κ3) is 3.05. The number of rotatable bonds is 5. The van der Waals surface area contributed by atoms with Gasteiger partial charge in [0.25, 0.3) is 11.7 Å². The minimum atomic E-state index is -0.229. The zero-order valence-electron chi connectivity index (χ0n) is 14.4. The van der Waals surface area contributed by atoms with Crippen LogP contribution < -0.4 is 5.32 Å². The summed E-state index contributed by atoms with van der Waals surface area (Å²) in [7, 11) is 0. The molecule has 0 aliphatic heterocycles. The molecule has 3 heterocycles. The van der Waals surface area contributed by atoms with E-state index in [2.05, 4.69) is 25.5 Å². The Balaban J connectivity index is 1.27. The second kappa shape index (κ2) is 6.31. The van der Waals surface area contributed by atoms with Gasteiger partial charge in [-0.05, 0) is 24.5 Å². The molecule has 1 N–H and O–H groups in total. The third-order valence-corrected chi connectivity index (χ3v) is 4.62. The average Bonchev–Trinajstić information content (AvgIpc) is 3.24. The molecule has 0 atom stereocenters. The number of nitrogens with zero attached hydrogens (tertiary/aromatic N) is 5. The lowest BCUT2D eigenvalue weighted by molar-refractivity contribution is 0.0941. The van der Waals surface area contributed by atoms with Crippen molar-refractivity contribution >= 4 is 11.7 Å². The van der Waals surface area contributed by atoms with E-state index < -0.39 is 0 Å². The number of fused-ring (bicyclic) bond motifs is 1. The Labute approximate surface area is 154 Å². The fraction of sp³-hybridized carbons (Fsp3) is 0.211. The molecule has 0 saturated heterocycles. The normalized spacial score (nSPS) is 13.8. The third-order valence-electron chi connectivity index (χ3n) is 4.62. The Bertz CT molecular complexity index is 1110. The van der Waals surface area contributed by atoms with Crippen LogP contribution in [0.15, 0.2) is 53.4 Å². The molecule has 8 heteroatoms. The van der Waals surface area contributed by atoms with Gasteiger partial charge in [0, 0.05) is 30.3 Å². The monoisotopic (exact) mass is 360 g/mol. The summed E-state index contributed by atoms with van der Waals surface area (Å²) in [5.74, 6) is 1.58. The van der Waals surface area contributed by atoms with Gasteiger partial charge in [0.15, 0.2) is 5.69 Å². The van der Waals surface area contributed by atoms with Gasteiger partial charge in [0.1, 0.15) is 12.1 Å². The Kier molecular flexibility index (Phi) is 3.67. The van der Waals surface area contributed by atoms with Crippen molar-refractivity contribution in [2.75, 3.05) is 0 Å². The number of aromatic nitrogens is 5. The summed E-state index contributed by atoms with van der Waals surface area (Å²) in [5, 5.41) is 10.9. The molecule has 1 amide bonds. The largest absolute Gasteiger partial charge is 0.360 e. The lowest BCUT2D eigenvalue weighted by Crippen LogP contribution is -2.23. The number of nitrogens with one attached hydrogen (secondary N) is 1. The molecule has 0 unspecified atom stereocenters. The molecule has 0 spiro atoms. The quantitative estimate of drug-likeness (QED) is 0.587. The van der Waals surface area contributed by atoms with E-state index in [-0.39, 0.29) is 5.91 Å². The number of carbonyl (C=O) groups is 1. The SMILES string of the molecule is O=C(NCc1ccc(-c2ccnc3ncnn23)cc1)c1cc(C2CC2)on1. The van der Waals surface area contributed by atoms with E-state index in [1.54, 1.807) is 16.8 Å². The van der Waals surface area contributed by atoms with Crippen LogP contribution in [0.2, 0.25) is 0 Å². The van der Waals surface area contributed by atoms with E-state index in [4.69, 9.17) is 4.52 Å². The minimum absolute atomic E-state index is 0.229. The van der Waals surface area contributed by atoms with Gasteiger partial charge in [-0.3, -0.25) is 4.79 Å². The molecule has 0 bridgehead atoms. The molecule has 27 heavy (non-hydrogen) atoms. The van der Waals surface area contributed by atoms with Gasteiger partial charge >= 0.3 is 0 Å². The number of hydrogen-bond acceptors (Lipinski definition) is 6. The van der Waals surface area contributed by atoms with Gasteiger partial charge in [-0.15, -0.1) is 0 Å². The Morgan fingerprint density at radius 3 is 2.85 bits per heavy atom. The summed E-state index contributed by atoms with van der Waals surface area (Å²) >= 11 is 0. The van der Waals surface area contributed by atoms with Crippen LogP contribution in [0.3, 0.4) is 0 Å². The molecule has 1 fully saturated rings. The van der Waals surface area contributed by atoms with Crippen molar-refractivity contribution in [1.82, 2.24) is 30.1 Å². The zero-order chi connectivity index (χ0) is 18.2. The van der Waals surface area contributed by atoms with Crippen LogP contribution in [-0.4, -0.2) is 30.6 Å². The van der Waals surface area contributed by atoms with E-state index in [9.17, 15) is 4.79 Å². The van der Waals surface area contributed by atoms with Gasteiger partial charge in [-0.25, -0.2) is 4.98 Å². The highest BCUT2D eigenvalue weighted by atomic mass is 16.5. The molecule has 0 radical (unpaired) electrons. The smallest absolute Gasteiger partial charge is 0.273 e. The first-order chi connectivity index (χ1) is 13.3. The molecule has 5 rings (SSSR count). The van der Waals surface area contributed by atoms with Crippen LogP contribution >= 0.6 is 0 Å². The molecule has 3 aromatic heterocycles. The first kappa shape index (κ1) is 15.7. The van der Waals surface area contributed by atoms with Crippen LogP contribution in [0.5, 0.6) is 0 Å². The second-order valence-electron chi connectivity index (χ2n) is 6.57. The van der Waals surface area contributed by atoms with Gasteiger partial charge in [0.05, 0.1) is 5.69 Å².